The average molecular weight is 379 g/mol. The summed E-state index contributed by atoms with van der Waals surface area (Å²) in [5.41, 5.74) is 2.10. The van der Waals surface area contributed by atoms with Crippen molar-refractivity contribution in [1.82, 2.24) is 9.55 Å². The minimum atomic E-state index is 0.679. The van der Waals surface area contributed by atoms with Gasteiger partial charge in [0.05, 0.1) is 25.1 Å². The molecule has 2 heterocycles. The van der Waals surface area contributed by atoms with Crippen molar-refractivity contribution in [2.75, 3.05) is 13.2 Å². The minimum Gasteiger partial charge on any atom is -0.493 e. The smallest absolute Gasteiger partial charge is 0.296 e. The van der Waals surface area contributed by atoms with Crippen molar-refractivity contribution in [3.8, 4) is 23.0 Å². The van der Waals surface area contributed by atoms with E-state index in [-0.39, 0.29) is 0 Å². The molecule has 0 unspecified atom stereocenters. The van der Waals surface area contributed by atoms with E-state index in [4.69, 9.17) is 9.47 Å². The molecule has 2 aromatic carbocycles. The van der Waals surface area contributed by atoms with Gasteiger partial charge in [-0.15, -0.1) is 0 Å². The first-order valence-corrected chi connectivity index (χ1v) is 10.6. The molecule has 0 amide bonds. The van der Waals surface area contributed by atoms with Crippen LogP contribution in [0, 0.1) is 0 Å². The van der Waals surface area contributed by atoms with Crippen molar-refractivity contribution in [3.05, 3.63) is 42.6 Å². The molecule has 4 heteroatoms. The summed E-state index contributed by atoms with van der Waals surface area (Å²) in [5, 5.41) is 2.41. The second kappa shape index (κ2) is 9.13. The van der Waals surface area contributed by atoms with E-state index in [9.17, 15) is 0 Å². The molecule has 1 aliphatic heterocycles. The molecule has 4 nitrogen and oxygen atoms in total. The highest BCUT2D eigenvalue weighted by molar-refractivity contribution is 5.90. The number of fused-ring (bicyclic) bond motifs is 5. The lowest BCUT2D eigenvalue weighted by molar-refractivity contribution is 0.273. The fourth-order valence-corrected chi connectivity index (χ4v) is 3.93. The van der Waals surface area contributed by atoms with E-state index in [1.54, 1.807) is 0 Å². The number of imidazole rings is 1. The number of benzene rings is 2. The largest absolute Gasteiger partial charge is 0.493 e. The molecule has 0 spiro atoms. The van der Waals surface area contributed by atoms with Crippen molar-refractivity contribution in [3.63, 3.8) is 0 Å². The third-order valence-corrected chi connectivity index (χ3v) is 5.60. The molecule has 0 saturated heterocycles. The molecule has 0 N–H and O–H groups in total. The lowest BCUT2D eigenvalue weighted by Crippen LogP contribution is -2.04. The number of rotatable bonds is 0. The van der Waals surface area contributed by atoms with Crippen LogP contribution in [0.2, 0.25) is 0 Å². The Labute approximate surface area is 167 Å². The molecule has 0 aliphatic carbocycles. The fourth-order valence-electron chi connectivity index (χ4n) is 3.93. The first-order chi connectivity index (χ1) is 13.8. The Morgan fingerprint density at radius 1 is 0.786 bits per heavy atom. The van der Waals surface area contributed by atoms with Gasteiger partial charge in [0, 0.05) is 12.6 Å². The Balaban J connectivity index is 1.68. The van der Waals surface area contributed by atoms with Crippen LogP contribution >= 0.6 is 0 Å². The van der Waals surface area contributed by atoms with Crippen LogP contribution in [0.4, 0.5) is 0 Å². The first-order valence-electron chi connectivity index (χ1n) is 10.6. The van der Waals surface area contributed by atoms with Gasteiger partial charge < -0.3 is 9.47 Å². The SMILES string of the molecule is Cn1c2cnc1OCCCCCCCCCCOc1cc3ccccc3cc1-2. The van der Waals surface area contributed by atoms with Crippen molar-refractivity contribution < 1.29 is 9.47 Å². The van der Waals surface area contributed by atoms with Gasteiger partial charge in [0.15, 0.2) is 0 Å². The zero-order chi connectivity index (χ0) is 19.2. The van der Waals surface area contributed by atoms with Gasteiger partial charge in [-0.3, -0.25) is 4.57 Å². The molecule has 0 fully saturated rings. The van der Waals surface area contributed by atoms with Crippen LogP contribution in [-0.4, -0.2) is 22.8 Å². The number of aromatic nitrogens is 2. The maximum Gasteiger partial charge on any atom is 0.296 e. The molecule has 0 saturated carbocycles. The highest BCUT2D eigenvalue weighted by atomic mass is 16.5. The predicted molar refractivity (Wildman–Crippen MR) is 114 cm³/mol. The number of nitrogens with zero attached hydrogens (tertiary/aromatic N) is 2. The Morgan fingerprint density at radius 3 is 2.11 bits per heavy atom. The quantitative estimate of drug-likeness (QED) is 0.472. The van der Waals surface area contributed by atoms with Crippen LogP contribution in [0.15, 0.2) is 42.6 Å². The summed E-state index contributed by atoms with van der Waals surface area (Å²) in [7, 11) is 2.02. The van der Waals surface area contributed by atoms with E-state index in [1.165, 1.54) is 49.3 Å². The zero-order valence-corrected chi connectivity index (χ0v) is 16.8. The minimum absolute atomic E-state index is 0.679. The Kier molecular flexibility index (Phi) is 6.15. The first kappa shape index (κ1) is 18.9. The summed E-state index contributed by atoms with van der Waals surface area (Å²) >= 11 is 0. The van der Waals surface area contributed by atoms with Crippen molar-refractivity contribution >= 4 is 10.8 Å². The summed E-state index contributed by atoms with van der Waals surface area (Å²) in [5.74, 6) is 0.928. The van der Waals surface area contributed by atoms with Crippen molar-refractivity contribution in [2.24, 2.45) is 7.05 Å². The highest BCUT2D eigenvalue weighted by Gasteiger charge is 2.15. The monoisotopic (exact) mass is 378 g/mol. The van der Waals surface area contributed by atoms with E-state index in [0.717, 1.165) is 43.1 Å². The number of hydrogen-bond donors (Lipinski definition) is 0. The van der Waals surface area contributed by atoms with Gasteiger partial charge in [-0.25, -0.2) is 4.98 Å². The topological polar surface area (TPSA) is 36.3 Å². The third-order valence-electron chi connectivity index (χ3n) is 5.60. The maximum atomic E-state index is 6.26. The zero-order valence-electron chi connectivity index (χ0n) is 16.8. The molecule has 1 aromatic heterocycles. The van der Waals surface area contributed by atoms with Crippen LogP contribution in [0.3, 0.4) is 0 Å². The standard InChI is InChI=1S/C24H30N2O2/c1-26-22-18-25-24(26)28-15-11-7-5-3-2-4-6-10-14-27-23-17-20-13-9-8-12-19(20)16-21(22)23/h8-9,12-13,16-18H,2-7,10-11,14-15H2,1H3. The van der Waals surface area contributed by atoms with Crippen molar-refractivity contribution in [1.29, 1.82) is 0 Å². The molecule has 148 valence electrons. The summed E-state index contributed by atoms with van der Waals surface area (Å²) in [6, 6.07) is 13.5. The van der Waals surface area contributed by atoms with Crippen LogP contribution in [0.5, 0.6) is 11.8 Å². The van der Waals surface area contributed by atoms with E-state index < -0.39 is 0 Å². The van der Waals surface area contributed by atoms with E-state index in [2.05, 4.69) is 41.4 Å². The van der Waals surface area contributed by atoms with Gasteiger partial charge in [0.25, 0.3) is 6.01 Å². The van der Waals surface area contributed by atoms with E-state index in [1.807, 2.05) is 17.8 Å². The number of ether oxygens (including phenoxy) is 2. The Bertz CT molecular complexity index is 916. The fraction of sp³-hybridized carbons (Fsp3) is 0.458. The molecule has 28 heavy (non-hydrogen) atoms. The predicted octanol–water partition coefficient (Wildman–Crippen LogP) is 6.13. The second-order valence-corrected chi connectivity index (χ2v) is 7.71. The Hall–Kier alpha value is -2.49. The Morgan fingerprint density at radius 2 is 1.39 bits per heavy atom. The number of hydrogen-bond acceptors (Lipinski definition) is 3. The molecule has 0 atom stereocenters. The van der Waals surface area contributed by atoms with E-state index in [0.29, 0.717) is 6.01 Å². The van der Waals surface area contributed by atoms with Crippen LogP contribution in [0.25, 0.3) is 22.0 Å². The van der Waals surface area contributed by atoms with Crippen LogP contribution in [0.1, 0.15) is 51.4 Å². The molecule has 0 radical (unpaired) electrons. The molecule has 4 rings (SSSR count). The molecule has 1 aliphatic rings. The van der Waals surface area contributed by atoms with Crippen molar-refractivity contribution in [2.45, 2.75) is 51.4 Å². The molecular formula is C24H30N2O2. The van der Waals surface area contributed by atoms with Gasteiger partial charge in [-0.05, 0) is 35.7 Å². The lowest BCUT2D eigenvalue weighted by Gasteiger charge is -2.14. The summed E-state index contributed by atoms with van der Waals surface area (Å²) in [6.07, 6.45) is 11.8. The normalized spacial score (nSPS) is 16.6. The highest BCUT2D eigenvalue weighted by Crippen LogP contribution is 2.35. The van der Waals surface area contributed by atoms with Crippen LogP contribution in [-0.2, 0) is 7.05 Å². The van der Waals surface area contributed by atoms with Gasteiger partial charge >= 0.3 is 0 Å². The average Bonchev–Trinajstić information content (AvgIpc) is 3.08. The van der Waals surface area contributed by atoms with Crippen LogP contribution < -0.4 is 9.47 Å². The summed E-state index contributed by atoms with van der Waals surface area (Å²) in [6.45, 7) is 1.48. The van der Waals surface area contributed by atoms with Gasteiger partial charge in [0.1, 0.15) is 5.75 Å². The molecule has 2 bridgehead atoms. The van der Waals surface area contributed by atoms with E-state index >= 15 is 0 Å². The third kappa shape index (κ3) is 4.32. The second-order valence-electron chi connectivity index (χ2n) is 7.71. The van der Waals surface area contributed by atoms with Gasteiger partial charge in [-0.2, -0.15) is 0 Å². The maximum absolute atomic E-state index is 6.26. The molecular weight excluding hydrogens is 348 g/mol. The summed E-state index contributed by atoms with van der Waals surface area (Å²) < 4.78 is 14.3. The molecule has 3 aromatic rings. The van der Waals surface area contributed by atoms with Gasteiger partial charge in [-0.1, -0.05) is 62.8 Å². The lowest BCUT2D eigenvalue weighted by atomic mass is 10.0. The van der Waals surface area contributed by atoms with Gasteiger partial charge in [0.2, 0.25) is 0 Å². The summed E-state index contributed by atoms with van der Waals surface area (Å²) in [4.78, 5) is 4.52.